The largest absolute Gasteiger partial charge is 0.374 e. The van der Waals surface area contributed by atoms with E-state index in [1.54, 1.807) is 6.20 Å². The van der Waals surface area contributed by atoms with Crippen LogP contribution in [0.3, 0.4) is 0 Å². The number of hydrogen-bond acceptors (Lipinski definition) is 4. The zero-order valence-electron chi connectivity index (χ0n) is 11.5. The highest BCUT2D eigenvalue weighted by atomic mass is 16.2. The molecule has 2 amide bonds. The predicted octanol–water partition coefficient (Wildman–Crippen LogP) is 1.60. The van der Waals surface area contributed by atoms with Gasteiger partial charge in [0.1, 0.15) is 6.04 Å². The van der Waals surface area contributed by atoms with Crippen molar-refractivity contribution in [2.45, 2.75) is 45.1 Å². The molecule has 1 saturated heterocycles. The molecule has 1 fully saturated rings. The molecule has 0 saturated carbocycles. The molecule has 0 bridgehead atoms. The summed E-state index contributed by atoms with van der Waals surface area (Å²) in [7, 11) is 0. The van der Waals surface area contributed by atoms with Gasteiger partial charge in [0.2, 0.25) is 11.8 Å². The molecule has 5 heteroatoms. The van der Waals surface area contributed by atoms with Gasteiger partial charge >= 0.3 is 0 Å². The van der Waals surface area contributed by atoms with Crippen LogP contribution in [0.1, 0.15) is 39.3 Å². The summed E-state index contributed by atoms with van der Waals surface area (Å²) in [6.07, 6.45) is 2.63. The molecule has 0 aliphatic carbocycles. The second-order valence-electron chi connectivity index (χ2n) is 5.83. The molecule has 5 nitrogen and oxygen atoms in total. The van der Waals surface area contributed by atoms with E-state index < -0.39 is 0 Å². The van der Waals surface area contributed by atoms with Crippen LogP contribution >= 0.6 is 0 Å². The molecule has 19 heavy (non-hydrogen) atoms. The highest BCUT2D eigenvalue weighted by Gasteiger charge is 2.26. The second-order valence-corrected chi connectivity index (χ2v) is 5.83. The number of carbonyl (C=O) groups is 2. The number of pyridine rings is 1. The fraction of sp³-hybridized carbons (Fsp3) is 0.500. The maximum absolute atomic E-state index is 11.7. The van der Waals surface area contributed by atoms with Crippen LogP contribution in [0.25, 0.3) is 0 Å². The number of piperidine rings is 1. The first kappa shape index (κ1) is 13.5. The van der Waals surface area contributed by atoms with E-state index in [0.29, 0.717) is 12.8 Å². The van der Waals surface area contributed by atoms with Crippen LogP contribution in [0.5, 0.6) is 0 Å². The Labute approximate surface area is 112 Å². The highest BCUT2D eigenvalue weighted by molar-refractivity contribution is 6.01. The molecule has 1 unspecified atom stereocenters. The van der Waals surface area contributed by atoms with Crippen LogP contribution in [-0.2, 0) is 15.0 Å². The minimum Gasteiger partial charge on any atom is -0.374 e. The standard InChI is InChI=1S/C14H19N3O2/c1-14(2,3)11-8-9(6-7-15-11)16-10-4-5-12(18)17-13(10)19/h6-8,10H,4-5H2,1-3H3,(H,15,16)(H,17,18,19). The van der Waals surface area contributed by atoms with Crippen LogP contribution in [0.15, 0.2) is 18.3 Å². The molecule has 0 aromatic carbocycles. The Hall–Kier alpha value is -1.91. The Balaban J connectivity index is 2.11. The maximum Gasteiger partial charge on any atom is 0.249 e. The molecule has 1 aromatic rings. The van der Waals surface area contributed by atoms with Crippen LogP contribution in [0.2, 0.25) is 0 Å². The monoisotopic (exact) mass is 261 g/mol. The number of nitrogens with zero attached hydrogens (tertiary/aromatic N) is 1. The Morgan fingerprint density at radius 2 is 2.11 bits per heavy atom. The minimum absolute atomic E-state index is 0.0392. The first-order chi connectivity index (χ1) is 8.86. The number of carbonyl (C=O) groups excluding carboxylic acids is 2. The number of hydrogen-bond donors (Lipinski definition) is 2. The van der Waals surface area contributed by atoms with Gasteiger partial charge in [0.25, 0.3) is 0 Å². The van der Waals surface area contributed by atoms with E-state index in [2.05, 4.69) is 36.4 Å². The first-order valence-corrected chi connectivity index (χ1v) is 6.43. The van der Waals surface area contributed by atoms with Crippen molar-refractivity contribution in [2.24, 2.45) is 0 Å². The van der Waals surface area contributed by atoms with Crippen LogP contribution in [0, 0.1) is 0 Å². The summed E-state index contributed by atoms with van der Waals surface area (Å²) in [5, 5.41) is 5.50. The summed E-state index contributed by atoms with van der Waals surface area (Å²) < 4.78 is 0. The lowest BCUT2D eigenvalue weighted by Crippen LogP contribution is -2.47. The van der Waals surface area contributed by atoms with Crippen molar-refractivity contribution in [1.82, 2.24) is 10.3 Å². The van der Waals surface area contributed by atoms with Crippen molar-refractivity contribution in [1.29, 1.82) is 0 Å². The van der Waals surface area contributed by atoms with Crippen molar-refractivity contribution < 1.29 is 9.59 Å². The lowest BCUT2D eigenvalue weighted by molar-refractivity contribution is -0.133. The fourth-order valence-corrected chi connectivity index (χ4v) is 1.96. The van der Waals surface area contributed by atoms with Gasteiger partial charge in [0, 0.05) is 29.4 Å². The summed E-state index contributed by atoms with van der Waals surface area (Å²) in [4.78, 5) is 27.1. The van der Waals surface area contributed by atoms with Gasteiger partial charge in [0.05, 0.1) is 0 Å². The van der Waals surface area contributed by atoms with Gasteiger partial charge in [0.15, 0.2) is 0 Å². The van der Waals surface area contributed by atoms with Crippen LogP contribution in [-0.4, -0.2) is 22.8 Å². The van der Waals surface area contributed by atoms with Crippen molar-refractivity contribution >= 4 is 17.5 Å². The molecule has 2 rings (SSSR count). The summed E-state index contributed by atoms with van der Waals surface area (Å²) in [5.74, 6) is -0.460. The molecule has 0 radical (unpaired) electrons. The number of imide groups is 1. The number of amides is 2. The van der Waals surface area contributed by atoms with Crippen molar-refractivity contribution in [3.63, 3.8) is 0 Å². The molecule has 1 aliphatic rings. The molecule has 2 N–H and O–H groups in total. The third-order valence-corrected chi connectivity index (χ3v) is 3.11. The second kappa shape index (κ2) is 4.99. The van der Waals surface area contributed by atoms with E-state index in [4.69, 9.17) is 0 Å². The zero-order chi connectivity index (χ0) is 14.0. The number of nitrogens with one attached hydrogen (secondary N) is 2. The lowest BCUT2D eigenvalue weighted by atomic mass is 9.91. The molecule has 2 heterocycles. The Morgan fingerprint density at radius 1 is 1.37 bits per heavy atom. The Morgan fingerprint density at radius 3 is 2.74 bits per heavy atom. The topological polar surface area (TPSA) is 71.1 Å². The van der Waals surface area contributed by atoms with E-state index >= 15 is 0 Å². The smallest absolute Gasteiger partial charge is 0.249 e. The van der Waals surface area contributed by atoms with Crippen molar-refractivity contribution in [3.05, 3.63) is 24.0 Å². The highest BCUT2D eigenvalue weighted by Crippen LogP contribution is 2.23. The van der Waals surface area contributed by atoms with Crippen LogP contribution in [0.4, 0.5) is 5.69 Å². The summed E-state index contributed by atoms with van der Waals surface area (Å²) in [6.45, 7) is 6.27. The number of aromatic nitrogens is 1. The average molecular weight is 261 g/mol. The molecule has 102 valence electrons. The third-order valence-electron chi connectivity index (χ3n) is 3.11. The van der Waals surface area contributed by atoms with Gasteiger partial charge in [-0.25, -0.2) is 0 Å². The van der Waals surface area contributed by atoms with Gasteiger partial charge in [-0.1, -0.05) is 20.8 Å². The first-order valence-electron chi connectivity index (χ1n) is 6.43. The van der Waals surface area contributed by atoms with E-state index in [0.717, 1.165) is 11.4 Å². The SMILES string of the molecule is CC(C)(C)c1cc(NC2CCC(=O)NC2=O)ccn1. The summed E-state index contributed by atoms with van der Waals surface area (Å²) >= 11 is 0. The fourth-order valence-electron chi connectivity index (χ4n) is 1.96. The van der Waals surface area contributed by atoms with Gasteiger partial charge in [-0.3, -0.25) is 19.9 Å². The molecular weight excluding hydrogens is 242 g/mol. The maximum atomic E-state index is 11.7. The van der Waals surface area contributed by atoms with Gasteiger partial charge in [-0.15, -0.1) is 0 Å². The van der Waals surface area contributed by atoms with Gasteiger partial charge < -0.3 is 5.32 Å². The van der Waals surface area contributed by atoms with Gasteiger partial charge in [-0.05, 0) is 18.6 Å². The molecule has 1 atom stereocenters. The normalized spacial score (nSPS) is 20.1. The average Bonchev–Trinajstić information content (AvgIpc) is 2.32. The third kappa shape index (κ3) is 3.30. The van der Waals surface area contributed by atoms with Gasteiger partial charge in [-0.2, -0.15) is 0 Å². The minimum atomic E-state index is -0.354. The Kier molecular flexibility index (Phi) is 3.55. The quantitative estimate of drug-likeness (QED) is 0.793. The molecule has 0 spiro atoms. The molecule has 1 aromatic heterocycles. The zero-order valence-corrected chi connectivity index (χ0v) is 11.5. The lowest BCUT2D eigenvalue weighted by Gasteiger charge is -2.24. The number of anilines is 1. The van der Waals surface area contributed by atoms with Crippen LogP contribution < -0.4 is 10.6 Å². The number of rotatable bonds is 2. The van der Waals surface area contributed by atoms with E-state index in [1.165, 1.54) is 0 Å². The summed E-state index contributed by atoms with van der Waals surface area (Å²) in [6, 6.07) is 3.43. The Bertz CT molecular complexity index is 506. The van der Waals surface area contributed by atoms with Crippen molar-refractivity contribution in [2.75, 3.05) is 5.32 Å². The predicted molar refractivity (Wildman–Crippen MR) is 72.7 cm³/mol. The van der Waals surface area contributed by atoms with E-state index in [-0.39, 0.29) is 23.3 Å². The van der Waals surface area contributed by atoms with Crippen molar-refractivity contribution in [3.8, 4) is 0 Å². The van der Waals surface area contributed by atoms with E-state index in [9.17, 15) is 9.59 Å². The summed E-state index contributed by atoms with van der Waals surface area (Å²) in [5.41, 5.74) is 1.78. The molecular formula is C14H19N3O2. The van der Waals surface area contributed by atoms with E-state index in [1.807, 2.05) is 12.1 Å². The molecule has 1 aliphatic heterocycles.